The van der Waals surface area contributed by atoms with Gasteiger partial charge in [-0.2, -0.15) is 0 Å². The number of hydrogen-bond donors (Lipinski definition) is 1. The number of nitrogens with one attached hydrogen (secondary N) is 1. The Balaban J connectivity index is 1.70. The van der Waals surface area contributed by atoms with E-state index < -0.39 is 0 Å². The molecule has 0 spiro atoms. The Labute approximate surface area is 176 Å². The van der Waals surface area contributed by atoms with Gasteiger partial charge in [-0.1, -0.05) is 48.0 Å². The molecule has 3 aliphatic rings. The summed E-state index contributed by atoms with van der Waals surface area (Å²) in [6.45, 7) is 9.79. The summed E-state index contributed by atoms with van der Waals surface area (Å²) in [5.74, 6) is 1.75. The Bertz CT molecular complexity index is 421. The van der Waals surface area contributed by atoms with Crippen molar-refractivity contribution in [3.05, 3.63) is 0 Å². The van der Waals surface area contributed by atoms with Crippen molar-refractivity contribution in [1.82, 2.24) is 15.1 Å². The lowest BCUT2D eigenvalue weighted by Gasteiger charge is -2.35. The summed E-state index contributed by atoms with van der Waals surface area (Å²) < 4.78 is 18.4. The fourth-order valence-corrected chi connectivity index (χ4v) is 4.65. The maximum absolute atomic E-state index is 5.59. The van der Waals surface area contributed by atoms with Crippen LogP contribution in [0, 0.1) is 0 Å². The molecule has 0 atom stereocenters. The van der Waals surface area contributed by atoms with E-state index in [1.165, 1.54) is 0 Å². The van der Waals surface area contributed by atoms with Gasteiger partial charge in [-0.25, -0.2) is 0 Å². The number of thioether (sulfide) groups is 2. The number of hydrogen-bond acceptors (Lipinski definition) is 8. The van der Waals surface area contributed by atoms with Gasteiger partial charge in [0.15, 0.2) is 0 Å². The molecule has 0 aromatic rings. The van der Waals surface area contributed by atoms with E-state index in [9.17, 15) is 0 Å². The van der Waals surface area contributed by atoms with Crippen LogP contribution in [0.1, 0.15) is 0 Å². The molecular formula is C16H29N3O3S4. The molecule has 3 saturated heterocycles. The molecule has 0 unspecified atom stereocenters. The molecule has 0 aromatic carbocycles. The van der Waals surface area contributed by atoms with Gasteiger partial charge in [-0.3, -0.25) is 4.90 Å². The van der Waals surface area contributed by atoms with Gasteiger partial charge in [-0.05, 0) is 0 Å². The predicted octanol–water partition coefficient (Wildman–Crippen LogP) is 1.29. The second-order valence-electron chi connectivity index (χ2n) is 5.84. The summed E-state index contributed by atoms with van der Waals surface area (Å²) in [5, 5.41) is 3.33. The molecular weight excluding hydrogens is 410 g/mol. The minimum absolute atomic E-state index is 0.598. The minimum Gasteiger partial charge on any atom is -0.378 e. The van der Waals surface area contributed by atoms with Crippen LogP contribution in [-0.4, -0.2) is 109 Å². The van der Waals surface area contributed by atoms with Crippen LogP contribution in [0.25, 0.3) is 0 Å². The zero-order chi connectivity index (χ0) is 18.5. The van der Waals surface area contributed by atoms with E-state index >= 15 is 0 Å². The van der Waals surface area contributed by atoms with Gasteiger partial charge in [-0.15, -0.1) is 0 Å². The van der Waals surface area contributed by atoms with Crippen molar-refractivity contribution >= 4 is 56.6 Å². The molecule has 26 heavy (non-hydrogen) atoms. The van der Waals surface area contributed by atoms with Crippen molar-refractivity contribution in [2.24, 2.45) is 0 Å². The van der Waals surface area contributed by atoms with Crippen molar-refractivity contribution in [2.75, 3.05) is 90.4 Å². The van der Waals surface area contributed by atoms with E-state index in [1.807, 2.05) is 0 Å². The quantitative estimate of drug-likeness (QED) is 0.441. The monoisotopic (exact) mass is 439 g/mol. The molecule has 2 bridgehead atoms. The lowest BCUT2D eigenvalue weighted by Crippen LogP contribution is -2.49. The largest absolute Gasteiger partial charge is 0.378 e. The van der Waals surface area contributed by atoms with Crippen molar-refractivity contribution in [1.29, 1.82) is 0 Å². The van der Waals surface area contributed by atoms with Crippen molar-refractivity contribution in [3.63, 3.8) is 0 Å². The highest BCUT2D eigenvalue weighted by atomic mass is 32.2. The van der Waals surface area contributed by atoms with Crippen molar-refractivity contribution in [2.45, 2.75) is 0 Å². The summed E-state index contributed by atoms with van der Waals surface area (Å²) in [6, 6.07) is 0. The number of piperazine rings is 1. The molecule has 0 amide bonds. The second-order valence-corrected chi connectivity index (χ2v) is 9.34. The Hall–Kier alpha value is 0.320. The van der Waals surface area contributed by atoms with Crippen LogP contribution in [0.3, 0.4) is 0 Å². The van der Waals surface area contributed by atoms with E-state index in [2.05, 4.69) is 15.1 Å². The Kier molecular flexibility index (Phi) is 12.5. The van der Waals surface area contributed by atoms with Crippen molar-refractivity contribution in [3.8, 4) is 0 Å². The SMILES string of the molecule is S=C1NCCN2CCN(CC2)C(=S)SCCOCCOCCOCCS1. The topological polar surface area (TPSA) is 46.2 Å². The normalized spacial score (nSPS) is 24.5. The van der Waals surface area contributed by atoms with Crippen LogP contribution in [0.2, 0.25) is 0 Å². The first-order valence-corrected chi connectivity index (χ1v) is 11.8. The first-order valence-electron chi connectivity index (χ1n) is 9.03. The zero-order valence-corrected chi connectivity index (χ0v) is 18.4. The number of rotatable bonds is 0. The number of fused-ring (bicyclic) bond motifs is 19. The van der Waals surface area contributed by atoms with E-state index in [0.717, 1.165) is 59.4 Å². The van der Waals surface area contributed by atoms with Crippen LogP contribution < -0.4 is 5.32 Å². The van der Waals surface area contributed by atoms with Gasteiger partial charge in [0.25, 0.3) is 0 Å². The summed E-state index contributed by atoms with van der Waals surface area (Å²) >= 11 is 14.3. The Morgan fingerprint density at radius 2 is 1.31 bits per heavy atom. The number of ether oxygens (including phenoxy) is 3. The van der Waals surface area contributed by atoms with Gasteiger partial charge in [0, 0.05) is 50.8 Å². The Morgan fingerprint density at radius 3 is 1.96 bits per heavy atom. The maximum Gasteiger partial charge on any atom is 0.136 e. The fraction of sp³-hybridized carbons (Fsp3) is 0.875. The highest BCUT2D eigenvalue weighted by Gasteiger charge is 2.18. The standard InChI is InChI=1S/C16H29N3O3S4/c23-15-17-1-2-18-3-5-19(6-4-18)16(24)26-14-12-22-10-8-20-7-9-21-11-13-25-15/h1-14H2,(H,17,23). The molecule has 150 valence electrons. The summed E-state index contributed by atoms with van der Waals surface area (Å²) in [6.07, 6.45) is 0. The molecule has 10 heteroatoms. The first-order chi connectivity index (χ1) is 12.8. The summed E-state index contributed by atoms with van der Waals surface area (Å²) in [4.78, 5) is 4.77. The van der Waals surface area contributed by atoms with Crippen LogP contribution >= 0.6 is 48.0 Å². The minimum atomic E-state index is 0.598. The molecule has 0 aromatic heterocycles. The maximum atomic E-state index is 5.59. The molecule has 0 radical (unpaired) electrons. The molecule has 3 heterocycles. The molecule has 3 fully saturated rings. The van der Waals surface area contributed by atoms with Gasteiger partial charge in [0.2, 0.25) is 0 Å². The highest BCUT2D eigenvalue weighted by Crippen LogP contribution is 2.12. The first kappa shape index (κ1) is 22.6. The molecule has 0 aliphatic carbocycles. The third-order valence-electron chi connectivity index (χ3n) is 3.99. The van der Waals surface area contributed by atoms with Crippen molar-refractivity contribution < 1.29 is 14.2 Å². The number of thiocarbonyl (C=S) groups is 2. The zero-order valence-electron chi connectivity index (χ0n) is 15.2. The van der Waals surface area contributed by atoms with E-state index in [4.69, 9.17) is 38.6 Å². The molecule has 3 rings (SSSR count). The average molecular weight is 440 g/mol. The molecule has 1 N–H and O–H groups in total. The van der Waals surface area contributed by atoms with E-state index in [1.54, 1.807) is 23.5 Å². The third kappa shape index (κ3) is 10.0. The van der Waals surface area contributed by atoms with Gasteiger partial charge >= 0.3 is 0 Å². The van der Waals surface area contributed by atoms with Crippen LogP contribution in [0.15, 0.2) is 0 Å². The fourth-order valence-electron chi connectivity index (χ4n) is 2.54. The predicted molar refractivity (Wildman–Crippen MR) is 119 cm³/mol. The van der Waals surface area contributed by atoms with Gasteiger partial charge < -0.3 is 24.4 Å². The smallest absolute Gasteiger partial charge is 0.136 e. The third-order valence-corrected chi connectivity index (χ3v) is 6.75. The van der Waals surface area contributed by atoms with Crippen LogP contribution in [-0.2, 0) is 14.2 Å². The molecule has 3 aliphatic heterocycles. The lowest BCUT2D eigenvalue weighted by atomic mass is 10.3. The summed E-state index contributed by atoms with van der Waals surface area (Å²) in [5.41, 5.74) is 0. The average Bonchev–Trinajstić information content (AvgIpc) is 2.65. The van der Waals surface area contributed by atoms with E-state index in [-0.39, 0.29) is 0 Å². The summed E-state index contributed by atoms with van der Waals surface area (Å²) in [7, 11) is 0. The van der Waals surface area contributed by atoms with E-state index in [0.29, 0.717) is 39.6 Å². The Morgan fingerprint density at radius 1 is 0.731 bits per heavy atom. The van der Waals surface area contributed by atoms with Crippen LogP contribution in [0.4, 0.5) is 0 Å². The highest BCUT2D eigenvalue weighted by molar-refractivity contribution is 8.23. The van der Waals surface area contributed by atoms with Crippen LogP contribution in [0.5, 0.6) is 0 Å². The molecule has 6 nitrogen and oxygen atoms in total. The molecule has 0 saturated carbocycles. The number of nitrogens with zero attached hydrogens (tertiary/aromatic N) is 2. The van der Waals surface area contributed by atoms with Gasteiger partial charge in [0.05, 0.1) is 39.6 Å². The second kappa shape index (κ2) is 14.3. The van der Waals surface area contributed by atoms with Gasteiger partial charge in [0.1, 0.15) is 8.64 Å². The lowest BCUT2D eigenvalue weighted by molar-refractivity contribution is 0.0205.